The van der Waals surface area contributed by atoms with Gasteiger partial charge in [0.2, 0.25) is 0 Å². The number of carboxylic acid groups (broad SMARTS) is 1. The first-order valence-electron chi connectivity index (χ1n) is 3.84. The molecule has 1 amide bonds. The SMILES string of the molecule is COC(=O)/N=C/C(C(=O)O)C(C)C. The van der Waals surface area contributed by atoms with Crippen molar-refractivity contribution in [1.29, 1.82) is 0 Å². The van der Waals surface area contributed by atoms with E-state index in [0.29, 0.717) is 0 Å². The molecule has 0 rings (SSSR count). The van der Waals surface area contributed by atoms with Gasteiger partial charge in [0.05, 0.1) is 13.0 Å². The van der Waals surface area contributed by atoms with Crippen molar-refractivity contribution in [2.24, 2.45) is 16.8 Å². The molecule has 0 spiro atoms. The number of carboxylic acids is 1. The zero-order valence-electron chi connectivity index (χ0n) is 7.85. The van der Waals surface area contributed by atoms with Gasteiger partial charge in [0.1, 0.15) is 0 Å². The second-order valence-electron chi connectivity index (χ2n) is 2.86. The molecule has 0 saturated carbocycles. The maximum absolute atomic E-state index is 10.6. The quantitative estimate of drug-likeness (QED) is 0.673. The van der Waals surface area contributed by atoms with E-state index in [1.165, 1.54) is 7.11 Å². The van der Waals surface area contributed by atoms with Crippen LogP contribution in [0.3, 0.4) is 0 Å². The summed E-state index contributed by atoms with van der Waals surface area (Å²) < 4.78 is 4.23. The van der Waals surface area contributed by atoms with Crippen LogP contribution < -0.4 is 0 Å². The van der Waals surface area contributed by atoms with E-state index in [1.54, 1.807) is 13.8 Å². The molecule has 1 unspecified atom stereocenters. The van der Waals surface area contributed by atoms with E-state index in [2.05, 4.69) is 9.73 Å². The number of aliphatic carboxylic acids is 1. The number of nitrogens with zero attached hydrogens (tertiary/aromatic N) is 1. The summed E-state index contributed by atoms with van der Waals surface area (Å²) in [6, 6.07) is 0. The topological polar surface area (TPSA) is 76.0 Å². The highest BCUT2D eigenvalue weighted by Crippen LogP contribution is 2.08. The Labute approximate surface area is 76.4 Å². The number of rotatable bonds is 3. The van der Waals surface area contributed by atoms with Crippen molar-refractivity contribution in [1.82, 2.24) is 0 Å². The van der Waals surface area contributed by atoms with Crippen molar-refractivity contribution in [3.05, 3.63) is 0 Å². The molecule has 0 aliphatic rings. The van der Waals surface area contributed by atoms with Gasteiger partial charge in [0.25, 0.3) is 0 Å². The third-order valence-electron chi connectivity index (χ3n) is 1.52. The largest absolute Gasteiger partial charge is 0.481 e. The normalized spacial score (nSPS) is 13.2. The average Bonchev–Trinajstić information content (AvgIpc) is 2.03. The van der Waals surface area contributed by atoms with E-state index < -0.39 is 18.0 Å². The van der Waals surface area contributed by atoms with Gasteiger partial charge in [-0.05, 0) is 5.92 Å². The van der Waals surface area contributed by atoms with E-state index in [4.69, 9.17) is 5.11 Å². The lowest BCUT2D eigenvalue weighted by Gasteiger charge is -2.09. The molecular formula is C8H13NO4. The van der Waals surface area contributed by atoms with Gasteiger partial charge in [-0.3, -0.25) is 4.79 Å². The molecule has 13 heavy (non-hydrogen) atoms. The van der Waals surface area contributed by atoms with E-state index >= 15 is 0 Å². The molecule has 5 heteroatoms. The zero-order valence-corrected chi connectivity index (χ0v) is 7.85. The molecule has 1 atom stereocenters. The minimum Gasteiger partial charge on any atom is -0.481 e. The molecule has 0 heterocycles. The first-order chi connectivity index (χ1) is 5.99. The summed E-state index contributed by atoms with van der Waals surface area (Å²) in [6.45, 7) is 3.48. The Morgan fingerprint density at radius 2 is 2.00 bits per heavy atom. The molecule has 0 bridgehead atoms. The van der Waals surface area contributed by atoms with E-state index in [1.807, 2.05) is 0 Å². The lowest BCUT2D eigenvalue weighted by molar-refractivity contribution is -0.140. The highest BCUT2D eigenvalue weighted by Gasteiger charge is 2.19. The molecule has 0 aromatic carbocycles. The molecule has 5 nitrogen and oxygen atoms in total. The van der Waals surface area contributed by atoms with Crippen LogP contribution in [0.15, 0.2) is 4.99 Å². The molecule has 0 saturated heterocycles. The highest BCUT2D eigenvalue weighted by molar-refractivity contribution is 5.92. The van der Waals surface area contributed by atoms with Crippen LogP contribution in [0.4, 0.5) is 4.79 Å². The van der Waals surface area contributed by atoms with Crippen molar-refractivity contribution in [2.75, 3.05) is 7.11 Å². The summed E-state index contributed by atoms with van der Waals surface area (Å²) in [7, 11) is 1.19. The van der Waals surface area contributed by atoms with E-state index in [0.717, 1.165) is 6.21 Å². The van der Waals surface area contributed by atoms with Crippen LogP contribution in [0.25, 0.3) is 0 Å². The molecule has 0 aliphatic carbocycles. The van der Waals surface area contributed by atoms with Crippen LogP contribution in [-0.4, -0.2) is 30.5 Å². The van der Waals surface area contributed by atoms with Crippen LogP contribution >= 0.6 is 0 Å². The third kappa shape index (κ3) is 4.25. The molecule has 0 aliphatic heterocycles. The lowest BCUT2D eigenvalue weighted by atomic mass is 9.98. The van der Waals surface area contributed by atoms with E-state index in [-0.39, 0.29) is 5.92 Å². The third-order valence-corrected chi connectivity index (χ3v) is 1.52. The van der Waals surface area contributed by atoms with Crippen molar-refractivity contribution < 1.29 is 19.4 Å². The number of carbonyl (C=O) groups excluding carboxylic acids is 1. The maximum atomic E-state index is 10.6. The second kappa shape index (κ2) is 5.29. The predicted molar refractivity (Wildman–Crippen MR) is 46.9 cm³/mol. The second-order valence-corrected chi connectivity index (χ2v) is 2.86. The summed E-state index contributed by atoms with van der Waals surface area (Å²) in [5, 5.41) is 8.69. The van der Waals surface area contributed by atoms with Crippen LogP contribution in [0, 0.1) is 11.8 Å². The molecule has 0 fully saturated rings. The number of aliphatic imine (C=N–C) groups is 1. The number of amides is 1. The summed E-state index contributed by atoms with van der Waals surface area (Å²) >= 11 is 0. The van der Waals surface area contributed by atoms with Crippen LogP contribution in [-0.2, 0) is 9.53 Å². The Balaban J connectivity index is 4.34. The van der Waals surface area contributed by atoms with E-state index in [9.17, 15) is 9.59 Å². The number of hydrogen-bond donors (Lipinski definition) is 1. The fraction of sp³-hybridized carbons (Fsp3) is 0.625. The number of ether oxygens (including phenoxy) is 1. The lowest BCUT2D eigenvalue weighted by Crippen LogP contribution is -2.21. The van der Waals surface area contributed by atoms with Crippen molar-refractivity contribution in [2.45, 2.75) is 13.8 Å². The van der Waals surface area contributed by atoms with Crippen molar-refractivity contribution in [3.8, 4) is 0 Å². The highest BCUT2D eigenvalue weighted by atomic mass is 16.5. The first-order valence-corrected chi connectivity index (χ1v) is 3.84. The first kappa shape index (κ1) is 11.6. The summed E-state index contributed by atoms with van der Waals surface area (Å²) in [5.74, 6) is -1.85. The Bertz CT molecular complexity index is 222. The maximum Gasteiger partial charge on any atom is 0.432 e. The van der Waals surface area contributed by atoms with Gasteiger partial charge in [-0.1, -0.05) is 13.8 Å². The fourth-order valence-corrected chi connectivity index (χ4v) is 0.715. The summed E-state index contributed by atoms with van der Waals surface area (Å²) in [4.78, 5) is 24.5. The Kier molecular flexibility index (Phi) is 4.72. The minimum atomic E-state index is -0.998. The monoisotopic (exact) mass is 187 g/mol. The van der Waals surface area contributed by atoms with Gasteiger partial charge in [0, 0.05) is 6.21 Å². The Morgan fingerprint density at radius 1 is 1.46 bits per heavy atom. The predicted octanol–water partition coefficient (Wildman–Crippen LogP) is 1.18. The molecule has 0 aromatic heterocycles. The zero-order chi connectivity index (χ0) is 10.4. The van der Waals surface area contributed by atoms with Crippen LogP contribution in [0.2, 0.25) is 0 Å². The fourth-order valence-electron chi connectivity index (χ4n) is 0.715. The average molecular weight is 187 g/mol. The standard InChI is InChI=1S/C8H13NO4/c1-5(2)6(7(10)11)4-9-8(12)13-3/h4-6H,1-3H3,(H,10,11)/b9-4+. The van der Waals surface area contributed by atoms with Crippen LogP contribution in [0.1, 0.15) is 13.8 Å². The number of methoxy groups -OCH3 is 1. The molecule has 0 radical (unpaired) electrons. The van der Waals surface area contributed by atoms with Crippen molar-refractivity contribution >= 4 is 18.3 Å². The number of carbonyl (C=O) groups is 2. The minimum absolute atomic E-state index is 0.106. The smallest absolute Gasteiger partial charge is 0.432 e. The van der Waals surface area contributed by atoms with Gasteiger partial charge in [-0.15, -0.1) is 0 Å². The van der Waals surface area contributed by atoms with Gasteiger partial charge >= 0.3 is 12.1 Å². The molecule has 0 aromatic rings. The van der Waals surface area contributed by atoms with Gasteiger partial charge in [-0.25, -0.2) is 4.79 Å². The van der Waals surface area contributed by atoms with Gasteiger partial charge in [0.15, 0.2) is 0 Å². The molecule has 1 N–H and O–H groups in total. The van der Waals surface area contributed by atoms with Crippen molar-refractivity contribution in [3.63, 3.8) is 0 Å². The summed E-state index contributed by atoms with van der Waals surface area (Å²) in [6.07, 6.45) is 0.311. The molecular weight excluding hydrogens is 174 g/mol. The molecule has 74 valence electrons. The Morgan fingerprint density at radius 3 is 2.31 bits per heavy atom. The number of hydrogen-bond acceptors (Lipinski definition) is 3. The van der Waals surface area contributed by atoms with Gasteiger partial charge in [-0.2, -0.15) is 4.99 Å². The van der Waals surface area contributed by atoms with Gasteiger partial charge < -0.3 is 9.84 Å². The summed E-state index contributed by atoms with van der Waals surface area (Å²) in [5.41, 5.74) is 0. The van der Waals surface area contributed by atoms with Crippen LogP contribution in [0.5, 0.6) is 0 Å². The Hall–Kier alpha value is -1.39.